The standard InChI is InChI=1S/C23H23N3O5S/c1-14-19(15(2)31-26-14)13-32-20-12-8-7-11-18(20)22(28)30-16(3)21(27)25-23(29)24-17-9-5-4-6-10-17/h4-12,16H,13H2,1-3H3,(H2,24,25,27,29). The van der Waals surface area contributed by atoms with Gasteiger partial charge in [-0.05, 0) is 45.0 Å². The van der Waals surface area contributed by atoms with Crippen molar-refractivity contribution in [3.8, 4) is 0 Å². The molecular formula is C23H23N3O5S. The Kier molecular flexibility index (Phi) is 7.67. The van der Waals surface area contributed by atoms with Gasteiger partial charge in [-0.25, -0.2) is 9.59 Å². The number of aromatic nitrogens is 1. The van der Waals surface area contributed by atoms with Gasteiger partial charge >= 0.3 is 12.0 Å². The minimum atomic E-state index is -1.16. The zero-order valence-corrected chi connectivity index (χ0v) is 18.7. The van der Waals surface area contributed by atoms with Crippen LogP contribution < -0.4 is 10.6 Å². The number of hydrogen-bond donors (Lipinski definition) is 2. The molecule has 2 aromatic carbocycles. The van der Waals surface area contributed by atoms with Gasteiger partial charge in [0.1, 0.15) is 5.76 Å². The number of urea groups is 1. The van der Waals surface area contributed by atoms with Crippen LogP contribution in [0.5, 0.6) is 0 Å². The molecule has 3 amide bonds. The first kappa shape index (κ1) is 23.1. The van der Waals surface area contributed by atoms with Crippen LogP contribution in [0.25, 0.3) is 0 Å². The zero-order chi connectivity index (χ0) is 23.1. The summed E-state index contributed by atoms with van der Waals surface area (Å²) in [6.45, 7) is 5.10. The molecule has 2 N–H and O–H groups in total. The van der Waals surface area contributed by atoms with Crippen molar-refractivity contribution in [3.63, 3.8) is 0 Å². The van der Waals surface area contributed by atoms with E-state index < -0.39 is 24.0 Å². The van der Waals surface area contributed by atoms with Crippen LogP contribution in [-0.4, -0.2) is 29.2 Å². The Balaban J connectivity index is 1.59. The first-order valence-electron chi connectivity index (χ1n) is 9.86. The molecule has 0 saturated carbocycles. The fourth-order valence-electron chi connectivity index (χ4n) is 2.79. The number of para-hydroxylation sites is 1. The topological polar surface area (TPSA) is 111 Å². The van der Waals surface area contributed by atoms with Crippen molar-refractivity contribution in [1.29, 1.82) is 0 Å². The quantitative estimate of drug-likeness (QED) is 0.401. The summed E-state index contributed by atoms with van der Waals surface area (Å²) >= 11 is 1.44. The van der Waals surface area contributed by atoms with Crippen molar-refractivity contribution in [2.75, 3.05) is 5.32 Å². The highest BCUT2D eigenvalue weighted by atomic mass is 32.2. The number of hydrogen-bond acceptors (Lipinski definition) is 7. The average Bonchev–Trinajstić information content (AvgIpc) is 3.10. The molecule has 0 aliphatic rings. The zero-order valence-electron chi connectivity index (χ0n) is 17.9. The van der Waals surface area contributed by atoms with E-state index in [2.05, 4.69) is 15.8 Å². The lowest BCUT2D eigenvalue weighted by atomic mass is 10.2. The maximum atomic E-state index is 12.7. The molecule has 0 aliphatic carbocycles. The first-order valence-corrected chi connectivity index (χ1v) is 10.8. The van der Waals surface area contributed by atoms with Crippen LogP contribution in [0, 0.1) is 13.8 Å². The number of esters is 1. The third-order valence-corrected chi connectivity index (χ3v) is 5.68. The monoisotopic (exact) mass is 453 g/mol. The molecule has 0 fully saturated rings. The summed E-state index contributed by atoms with van der Waals surface area (Å²) in [5.41, 5.74) is 2.63. The lowest BCUT2D eigenvalue weighted by Gasteiger charge is -2.15. The third kappa shape index (κ3) is 5.98. The van der Waals surface area contributed by atoms with Crippen LogP contribution in [0.15, 0.2) is 64.0 Å². The van der Waals surface area contributed by atoms with E-state index in [1.165, 1.54) is 18.7 Å². The SMILES string of the molecule is Cc1noc(C)c1CSc1ccccc1C(=O)OC(C)C(=O)NC(=O)Nc1ccccc1. The summed E-state index contributed by atoms with van der Waals surface area (Å²) in [6.07, 6.45) is -1.16. The normalized spacial score (nSPS) is 11.5. The maximum absolute atomic E-state index is 12.7. The molecule has 8 nitrogen and oxygen atoms in total. The summed E-state index contributed by atoms with van der Waals surface area (Å²) in [4.78, 5) is 37.7. The number of rotatable bonds is 7. The van der Waals surface area contributed by atoms with Gasteiger partial charge in [0, 0.05) is 21.9 Å². The highest BCUT2D eigenvalue weighted by molar-refractivity contribution is 7.98. The molecule has 9 heteroatoms. The van der Waals surface area contributed by atoms with Gasteiger partial charge in [0.2, 0.25) is 0 Å². The molecule has 1 atom stereocenters. The number of thioether (sulfide) groups is 1. The van der Waals surface area contributed by atoms with E-state index in [0.717, 1.165) is 17.0 Å². The Morgan fingerprint density at radius 2 is 1.75 bits per heavy atom. The predicted molar refractivity (Wildman–Crippen MR) is 120 cm³/mol. The molecule has 32 heavy (non-hydrogen) atoms. The molecule has 0 aliphatic heterocycles. The summed E-state index contributed by atoms with van der Waals surface area (Å²) in [5, 5.41) is 8.64. The molecule has 1 unspecified atom stereocenters. The number of aryl methyl sites for hydroxylation is 2. The fourth-order valence-corrected chi connectivity index (χ4v) is 3.99. The summed E-state index contributed by atoms with van der Waals surface area (Å²) in [5.74, 6) is -0.0824. The van der Waals surface area contributed by atoms with Crippen molar-refractivity contribution in [2.45, 2.75) is 37.5 Å². The molecule has 1 aromatic heterocycles. The Bertz CT molecular complexity index is 1090. The lowest BCUT2D eigenvalue weighted by molar-refractivity contribution is -0.127. The Morgan fingerprint density at radius 1 is 1.06 bits per heavy atom. The number of benzene rings is 2. The van der Waals surface area contributed by atoms with Crippen LogP contribution >= 0.6 is 11.8 Å². The van der Waals surface area contributed by atoms with Crippen LogP contribution in [0.3, 0.4) is 0 Å². The number of anilines is 1. The summed E-state index contributed by atoms with van der Waals surface area (Å²) in [7, 11) is 0. The number of nitrogens with one attached hydrogen (secondary N) is 2. The van der Waals surface area contributed by atoms with E-state index in [-0.39, 0.29) is 0 Å². The average molecular weight is 454 g/mol. The van der Waals surface area contributed by atoms with Gasteiger partial charge in [0.25, 0.3) is 5.91 Å². The summed E-state index contributed by atoms with van der Waals surface area (Å²) in [6, 6.07) is 14.9. The van der Waals surface area contributed by atoms with E-state index in [1.54, 1.807) is 48.5 Å². The Morgan fingerprint density at radius 3 is 2.44 bits per heavy atom. The third-order valence-electron chi connectivity index (χ3n) is 4.58. The van der Waals surface area contributed by atoms with Crippen molar-refractivity contribution in [2.24, 2.45) is 0 Å². The second-order valence-corrected chi connectivity index (χ2v) is 7.96. The fraction of sp³-hybridized carbons (Fsp3) is 0.217. The van der Waals surface area contributed by atoms with Gasteiger partial charge in [-0.15, -0.1) is 11.8 Å². The second-order valence-electron chi connectivity index (χ2n) is 6.94. The van der Waals surface area contributed by atoms with Crippen LogP contribution in [0.2, 0.25) is 0 Å². The molecule has 1 heterocycles. The van der Waals surface area contributed by atoms with E-state index in [0.29, 0.717) is 21.9 Å². The number of nitrogens with zero attached hydrogens (tertiary/aromatic N) is 1. The molecule has 3 aromatic rings. The molecule has 3 rings (SSSR count). The molecule has 166 valence electrons. The number of carbonyl (C=O) groups is 3. The van der Waals surface area contributed by atoms with E-state index in [1.807, 2.05) is 19.9 Å². The minimum Gasteiger partial charge on any atom is -0.449 e. The molecule has 0 spiro atoms. The largest absolute Gasteiger partial charge is 0.449 e. The van der Waals surface area contributed by atoms with Crippen molar-refractivity contribution < 1.29 is 23.6 Å². The summed E-state index contributed by atoms with van der Waals surface area (Å²) < 4.78 is 10.5. The smallest absolute Gasteiger partial charge is 0.340 e. The maximum Gasteiger partial charge on any atom is 0.340 e. The highest BCUT2D eigenvalue weighted by Crippen LogP contribution is 2.29. The van der Waals surface area contributed by atoms with Gasteiger partial charge < -0.3 is 14.6 Å². The number of carbonyl (C=O) groups excluding carboxylic acids is 3. The molecule has 0 bridgehead atoms. The number of amides is 3. The number of imide groups is 1. The van der Waals surface area contributed by atoms with Crippen LogP contribution in [0.4, 0.5) is 10.5 Å². The Hall–Kier alpha value is -3.59. The molecular weight excluding hydrogens is 430 g/mol. The highest BCUT2D eigenvalue weighted by Gasteiger charge is 2.23. The lowest BCUT2D eigenvalue weighted by Crippen LogP contribution is -2.41. The van der Waals surface area contributed by atoms with Crippen molar-refractivity contribution in [3.05, 3.63) is 77.2 Å². The van der Waals surface area contributed by atoms with E-state index in [9.17, 15) is 14.4 Å². The predicted octanol–water partition coefficient (Wildman–Crippen LogP) is 4.48. The van der Waals surface area contributed by atoms with Gasteiger partial charge in [-0.1, -0.05) is 35.5 Å². The van der Waals surface area contributed by atoms with Gasteiger partial charge in [-0.2, -0.15) is 0 Å². The van der Waals surface area contributed by atoms with Crippen molar-refractivity contribution in [1.82, 2.24) is 10.5 Å². The van der Waals surface area contributed by atoms with Crippen molar-refractivity contribution >= 4 is 35.4 Å². The van der Waals surface area contributed by atoms with Gasteiger partial charge in [0.15, 0.2) is 6.10 Å². The van der Waals surface area contributed by atoms with E-state index >= 15 is 0 Å². The number of ether oxygens (including phenoxy) is 1. The second kappa shape index (κ2) is 10.6. The minimum absolute atomic E-state index is 0.331. The van der Waals surface area contributed by atoms with E-state index in [4.69, 9.17) is 9.26 Å². The van der Waals surface area contributed by atoms with Crippen LogP contribution in [-0.2, 0) is 15.3 Å². The first-order chi connectivity index (χ1) is 15.3. The van der Waals surface area contributed by atoms with Gasteiger partial charge in [0.05, 0.1) is 11.3 Å². The molecule has 0 radical (unpaired) electrons. The Labute approximate surface area is 189 Å². The molecule has 0 saturated heterocycles. The van der Waals surface area contributed by atoms with Gasteiger partial charge in [-0.3, -0.25) is 10.1 Å². The van der Waals surface area contributed by atoms with Crippen LogP contribution in [0.1, 0.15) is 34.3 Å².